The van der Waals surface area contributed by atoms with Crippen LogP contribution in [0.5, 0.6) is 0 Å². The van der Waals surface area contributed by atoms with E-state index in [9.17, 15) is 0 Å². The SMILES string of the molecule is Ic1cnc(NCC(C2CC2)C2CC2)nc1. The van der Waals surface area contributed by atoms with Crippen molar-refractivity contribution < 1.29 is 0 Å². The van der Waals surface area contributed by atoms with Crippen molar-refractivity contribution in [3.05, 3.63) is 16.0 Å². The Bertz CT molecular complexity index is 345. The highest BCUT2D eigenvalue weighted by atomic mass is 127. The van der Waals surface area contributed by atoms with Crippen LogP contribution in [0.3, 0.4) is 0 Å². The van der Waals surface area contributed by atoms with Gasteiger partial charge >= 0.3 is 0 Å². The second kappa shape index (κ2) is 4.47. The van der Waals surface area contributed by atoms with Crippen LogP contribution in [0.15, 0.2) is 12.4 Å². The van der Waals surface area contributed by atoms with Gasteiger partial charge in [-0.05, 0) is 66.0 Å². The smallest absolute Gasteiger partial charge is 0.222 e. The summed E-state index contributed by atoms with van der Waals surface area (Å²) in [4.78, 5) is 8.56. The molecule has 16 heavy (non-hydrogen) atoms. The molecule has 0 unspecified atom stereocenters. The molecule has 2 fully saturated rings. The van der Waals surface area contributed by atoms with Crippen LogP contribution in [-0.2, 0) is 0 Å². The van der Waals surface area contributed by atoms with Gasteiger partial charge in [-0.25, -0.2) is 9.97 Å². The van der Waals surface area contributed by atoms with Gasteiger partial charge in [0, 0.05) is 22.5 Å². The highest BCUT2D eigenvalue weighted by Crippen LogP contribution is 2.49. The Hall–Kier alpha value is -0.390. The number of hydrogen-bond acceptors (Lipinski definition) is 3. The zero-order valence-electron chi connectivity index (χ0n) is 9.19. The van der Waals surface area contributed by atoms with Crippen molar-refractivity contribution in [3.8, 4) is 0 Å². The fourth-order valence-corrected chi connectivity index (χ4v) is 2.66. The summed E-state index contributed by atoms with van der Waals surface area (Å²) in [5, 5.41) is 3.39. The maximum Gasteiger partial charge on any atom is 0.222 e. The minimum atomic E-state index is 0.784. The Morgan fingerprint density at radius 1 is 1.19 bits per heavy atom. The van der Waals surface area contributed by atoms with E-state index >= 15 is 0 Å². The Morgan fingerprint density at radius 3 is 2.25 bits per heavy atom. The van der Waals surface area contributed by atoms with E-state index in [4.69, 9.17) is 0 Å². The van der Waals surface area contributed by atoms with Gasteiger partial charge in [0.25, 0.3) is 0 Å². The third-order valence-electron chi connectivity index (χ3n) is 3.57. The second-order valence-corrected chi connectivity index (χ2v) is 6.19. The largest absolute Gasteiger partial charge is 0.354 e. The first-order chi connectivity index (χ1) is 7.83. The van der Waals surface area contributed by atoms with E-state index in [1.165, 1.54) is 25.7 Å². The Kier molecular flexibility index (Phi) is 3.00. The molecule has 1 aromatic rings. The molecule has 0 amide bonds. The molecule has 2 aliphatic rings. The quantitative estimate of drug-likeness (QED) is 0.844. The lowest BCUT2D eigenvalue weighted by molar-refractivity contribution is 0.427. The fourth-order valence-electron chi connectivity index (χ4n) is 2.38. The van der Waals surface area contributed by atoms with Crippen LogP contribution in [0.2, 0.25) is 0 Å². The lowest BCUT2D eigenvalue weighted by atomic mass is 9.98. The van der Waals surface area contributed by atoms with Crippen molar-refractivity contribution in [2.24, 2.45) is 17.8 Å². The number of anilines is 1. The molecular formula is C12H16IN3. The van der Waals surface area contributed by atoms with E-state index in [-0.39, 0.29) is 0 Å². The van der Waals surface area contributed by atoms with Crippen LogP contribution in [0.4, 0.5) is 5.95 Å². The molecule has 3 nitrogen and oxygen atoms in total. The van der Waals surface area contributed by atoms with E-state index < -0.39 is 0 Å². The molecule has 1 aromatic heterocycles. The first kappa shape index (κ1) is 10.7. The van der Waals surface area contributed by atoms with Gasteiger partial charge in [-0.2, -0.15) is 0 Å². The van der Waals surface area contributed by atoms with Gasteiger partial charge in [-0.3, -0.25) is 0 Å². The van der Waals surface area contributed by atoms with Gasteiger partial charge in [-0.15, -0.1) is 0 Å². The highest BCUT2D eigenvalue weighted by Gasteiger charge is 2.41. The molecule has 0 spiro atoms. The molecule has 4 heteroatoms. The Balaban J connectivity index is 1.56. The number of nitrogens with one attached hydrogen (secondary N) is 1. The first-order valence-electron chi connectivity index (χ1n) is 6.04. The average Bonchev–Trinajstić information content (AvgIpc) is 3.15. The van der Waals surface area contributed by atoms with Gasteiger partial charge in [0.15, 0.2) is 0 Å². The number of nitrogens with zero attached hydrogens (tertiary/aromatic N) is 2. The van der Waals surface area contributed by atoms with Crippen LogP contribution in [-0.4, -0.2) is 16.5 Å². The summed E-state index contributed by atoms with van der Waals surface area (Å²) < 4.78 is 1.09. The van der Waals surface area contributed by atoms with Crippen LogP contribution >= 0.6 is 22.6 Å². The van der Waals surface area contributed by atoms with E-state index in [2.05, 4.69) is 37.9 Å². The lowest BCUT2D eigenvalue weighted by Crippen LogP contribution is -2.19. The predicted molar refractivity (Wildman–Crippen MR) is 72.2 cm³/mol. The molecule has 0 aromatic carbocycles. The molecule has 1 heterocycles. The number of halogens is 1. The van der Waals surface area contributed by atoms with E-state index in [0.29, 0.717) is 0 Å². The molecule has 86 valence electrons. The average molecular weight is 329 g/mol. The second-order valence-electron chi connectivity index (χ2n) is 4.94. The van der Waals surface area contributed by atoms with Gasteiger partial charge in [-0.1, -0.05) is 0 Å². The molecule has 0 aliphatic heterocycles. The van der Waals surface area contributed by atoms with Gasteiger partial charge in [0.05, 0.1) is 0 Å². The van der Waals surface area contributed by atoms with E-state index in [0.717, 1.165) is 33.8 Å². The van der Waals surface area contributed by atoms with Gasteiger partial charge in [0.1, 0.15) is 0 Å². The van der Waals surface area contributed by atoms with Crippen LogP contribution in [0.25, 0.3) is 0 Å². The molecule has 2 saturated carbocycles. The molecule has 0 atom stereocenters. The molecule has 0 bridgehead atoms. The molecule has 3 rings (SSSR count). The molecule has 0 saturated heterocycles. The number of aromatic nitrogens is 2. The third-order valence-corrected chi connectivity index (χ3v) is 4.13. The summed E-state index contributed by atoms with van der Waals surface area (Å²) in [5.74, 6) is 3.64. The van der Waals surface area contributed by atoms with Gasteiger partial charge in [0.2, 0.25) is 5.95 Å². The summed E-state index contributed by atoms with van der Waals surface area (Å²) in [6.07, 6.45) is 9.48. The van der Waals surface area contributed by atoms with Crippen molar-refractivity contribution >= 4 is 28.5 Å². The van der Waals surface area contributed by atoms with Crippen molar-refractivity contribution in [1.29, 1.82) is 0 Å². The summed E-state index contributed by atoms with van der Waals surface area (Å²) >= 11 is 2.23. The molecule has 2 aliphatic carbocycles. The Labute approximate surface area is 110 Å². The summed E-state index contributed by atoms with van der Waals surface area (Å²) in [6.45, 7) is 1.07. The summed E-state index contributed by atoms with van der Waals surface area (Å²) in [6, 6.07) is 0. The molecule has 1 N–H and O–H groups in total. The van der Waals surface area contributed by atoms with Crippen molar-refractivity contribution in [1.82, 2.24) is 9.97 Å². The lowest BCUT2D eigenvalue weighted by Gasteiger charge is -2.15. The fraction of sp³-hybridized carbons (Fsp3) is 0.667. The maximum absolute atomic E-state index is 4.28. The summed E-state index contributed by atoms with van der Waals surface area (Å²) in [7, 11) is 0. The monoisotopic (exact) mass is 329 g/mol. The highest BCUT2D eigenvalue weighted by molar-refractivity contribution is 14.1. The van der Waals surface area contributed by atoms with E-state index in [1.807, 2.05) is 12.4 Å². The van der Waals surface area contributed by atoms with Crippen LogP contribution in [0.1, 0.15) is 25.7 Å². The van der Waals surface area contributed by atoms with E-state index in [1.54, 1.807) is 0 Å². The minimum absolute atomic E-state index is 0.784. The van der Waals surface area contributed by atoms with Crippen molar-refractivity contribution in [2.45, 2.75) is 25.7 Å². The Morgan fingerprint density at radius 2 is 1.75 bits per heavy atom. The van der Waals surface area contributed by atoms with Crippen molar-refractivity contribution in [2.75, 3.05) is 11.9 Å². The number of rotatable bonds is 5. The zero-order chi connectivity index (χ0) is 11.0. The van der Waals surface area contributed by atoms with Crippen LogP contribution < -0.4 is 5.32 Å². The zero-order valence-corrected chi connectivity index (χ0v) is 11.4. The van der Waals surface area contributed by atoms with Crippen molar-refractivity contribution in [3.63, 3.8) is 0 Å². The predicted octanol–water partition coefficient (Wildman–Crippen LogP) is 2.93. The third kappa shape index (κ3) is 2.64. The number of hydrogen-bond donors (Lipinski definition) is 1. The maximum atomic E-state index is 4.28. The minimum Gasteiger partial charge on any atom is -0.354 e. The molecular weight excluding hydrogens is 313 g/mol. The summed E-state index contributed by atoms with van der Waals surface area (Å²) in [5.41, 5.74) is 0. The first-order valence-corrected chi connectivity index (χ1v) is 7.12. The standard InChI is InChI=1S/C12H16IN3/c13-10-5-14-12(15-6-10)16-7-11(8-1-2-8)9-3-4-9/h5-6,8-9,11H,1-4,7H2,(H,14,15,16). The normalized spacial score (nSPS) is 20.1. The molecule has 0 radical (unpaired) electrons. The van der Waals surface area contributed by atoms with Crippen LogP contribution in [0, 0.1) is 21.3 Å². The topological polar surface area (TPSA) is 37.8 Å². The van der Waals surface area contributed by atoms with Gasteiger partial charge < -0.3 is 5.32 Å².